The molecule has 0 aliphatic heterocycles. The molecule has 212 valence electrons. The average Bonchev–Trinajstić information content (AvgIpc) is 2.84. The number of rotatable bonds is 9. The monoisotopic (exact) mass is 539 g/mol. The van der Waals surface area contributed by atoms with Gasteiger partial charge >= 0.3 is 12.1 Å². The second kappa shape index (κ2) is 13.3. The minimum atomic E-state index is -1.10. The topological polar surface area (TPSA) is 114 Å². The van der Waals surface area contributed by atoms with E-state index >= 15 is 0 Å². The average molecular weight is 540 g/mol. The number of hydrogen-bond acceptors (Lipinski definition) is 6. The Balaban J connectivity index is 2.57. The Hall–Kier alpha value is -3.88. The van der Waals surface area contributed by atoms with Crippen molar-refractivity contribution in [1.29, 1.82) is 0 Å². The van der Waals surface area contributed by atoms with Gasteiger partial charge in [-0.2, -0.15) is 0 Å². The van der Waals surface area contributed by atoms with Crippen LogP contribution in [0.2, 0.25) is 0 Å². The molecule has 0 bridgehead atoms. The van der Waals surface area contributed by atoms with E-state index in [1.807, 2.05) is 70.2 Å². The lowest BCUT2D eigenvalue weighted by Gasteiger charge is -2.43. The van der Waals surface area contributed by atoms with E-state index in [0.717, 1.165) is 11.1 Å². The predicted octanol–water partition coefficient (Wildman–Crippen LogP) is 4.09. The molecule has 0 fully saturated rings. The van der Waals surface area contributed by atoms with E-state index in [2.05, 4.69) is 15.4 Å². The van der Waals surface area contributed by atoms with E-state index in [4.69, 9.17) is 4.74 Å². The van der Waals surface area contributed by atoms with Crippen molar-refractivity contribution in [3.8, 4) is 0 Å². The molecule has 39 heavy (non-hydrogen) atoms. The molecule has 0 radical (unpaired) electrons. The molecule has 3 amide bonds. The van der Waals surface area contributed by atoms with E-state index in [1.165, 1.54) is 12.0 Å². The molecule has 0 aromatic heterocycles. The van der Waals surface area contributed by atoms with Crippen LogP contribution in [0.25, 0.3) is 0 Å². The van der Waals surface area contributed by atoms with Gasteiger partial charge in [-0.25, -0.2) is 4.79 Å². The maximum Gasteiger partial charge on any atom is 0.408 e. The summed E-state index contributed by atoms with van der Waals surface area (Å²) < 4.78 is 10.1. The van der Waals surface area contributed by atoms with Crippen molar-refractivity contribution in [3.05, 3.63) is 71.3 Å². The second-order valence-corrected chi connectivity index (χ2v) is 11.4. The number of ether oxygens (including phenoxy) is 2. The summed E-state index contributed by atoms with van der Waals surface area (Å²) in [4.78, 5) is 54.0. The van der Waals surface area contributed by atoms with Gasteiger partial charge in [-0.3, -0.25) is 14.4 Å². The molecule has 2 atom stereocenters. The van der Waals surface area contributed by atoms with Crippen molar-refractivity contribution in [1.82, 2.24) is 15.5 Å². The largest absolute Gasteiger partial charge is 0.468 e. The summed E-state index contributed by atoms with van der Waals surface area (Å²) >= 11 is 0. The smallest absolute Gasteiger partial charge is 0.408 e. The third-order valence-corrected chi connectivity index (χ3v) is 5.77. The lowest BCUT2D eigenvalue weighted by Crippen LogP contribution is -2.59. The molecule has 0 spiro atoms. The van der Waals surface area contributed by atoms with Gasteiger partial charge in [-0.15, -0.1) is 0 Å². The van der Waals surface area contributed by atoms with Crippen molar-refractivity contribution in [2.24, 2.45) is 0 Å². The van der Waals surface area contributed by atoms with E-state index in [9.17, 15) is 19.2 Å². The summed E-state index contributed by atoms with van der Waals surface area (Å²) in [5, 5.41) is 5.33. The van der Waals surface area contributed by atoms with Gasteiger partial charge in [0, 0.05) is 12.0 Å². The Morgan fingerprint density at radius 1 is 0.897 bits per heavy atom. The first-order valence-electron chi connectivity index (χ1n) is 12.9. The van der Waals surface area contributed by atoms with E-state index < -0.39 is 47.1 Å². The third-order valence-electron chi connectivity index (χ3n) is 5.77. The third kappa shape index (κ3) is 9.74. The number of benzene rings is 2. The van der Waals surface area contributed by atoms with Crippen LogP contribution in [-0.4, -0.2) is 59.6 Å². The summed E-state index contributed by atoms with van der Waals surface area (Å²) in [5.41, 5.74) is 0.728. The number of esters is 1. The molecule has 9 heteroatoms. The lowest BCUT2D eigenvalue weighted by atomic mass is 9.93. The highest BCUT2D eigenvalue weighted by Gasteiger charge is 2.42. The Morgan fingerprint density at radius 2 is 1.49 bits per heavy atom. The van der Waals surface area contributed by atoms with Crippen molar-refractivity contribution in [3.63, 3.8) is 0 Å². The summed E-state index contributed by atoms with van der Waals surface area (Å²) in [7, 11) is 1.23. The minimum Gasteiger partial charge on any atom is -0.468 e. The van der Waals surface area contributed by atoms with Crippen LogP contribution in [0.4, 0.5) is 4.79 Å². The first kappa shape index (κ1) is 31.3. The van der Waals surface area contributed by atoms with Gasteiger partial charge in [0.25, 0.3) is 0 Å². The Labute approximate surface area is 231 Å². The molecule has 0 aliphatic rings. The second-order valence-electron chi connectivity index (χ2n) is 11.4. The number of nitrogens with one attached hydrogen (secondary N) is 2. The number of amides is 3. The van der Waals surface area contributed by atoms with E-state index in [-0.39, 0.29) is 13.0 Å². The van der Waals surface area contributed by atoms with E-state index in [1.54, 1.807) is 32.9 Å². The first-order valence-corrected chi connectivity index (χ1v) is 12.9. The van der Waals surface area contributed by atoms with Gasteiger partial charge in [0.1, 0.15) is 24.2 Å². The van der Waals surface area contributed by atoms with Gasteiger partial charge < -0.3 is 25.0 Å². The van der Waals surface area contributed by atoms with Crippen LogP contribution in [0.3, 0.4) is 0 Å². The first-order chi connectivity index (χ1) is 18.1. The number of hydrogen-bond donors (Lipinski definition) is 2. The van der Waals surface area contributed by atoms with Gasteiger partial charge in [0.15, 0.2) is 0 Å². The van der Waals surface area contributed by atoms with Gasteiger partial charge in [0.2, 0.25) is 11.8 Å². The fourth-order valence-electron chi connectivity index (χ4n) is 4.01. The predicted molar refractivity (Wildman–Crippen MR) is 149 cm³/mol. The highest BCUT2D eigenvalue weighted by molar-refractivity contribution is 5.93. The molecule has 2 aromatic carbocycles. The molecule has 2 rings (SSSR count). The molecule has 0 heterocycles. The summed E-state index contributed by atoms with van der Waals surface area (Å²) in [6, 6.07) is 14.4. The minimum absolute atomic E-state index is 0.176. The van der Waals surface area contributed by atoms with Gasteiger partial charge in [0.05, 0.1) is 7.11 Å². The number of nitrogens with zero attached hydrogens (tertiary/aromatic N) is 1. The standard InChI is InChI=1S/C30H41N3O6/c1-20-14-16-22(17-15-20)25(26(35)31-19-24(34)38-8)33(29(2,3)4)27(36)23(18-21-12-10-9-11-13-21)32-28(37)39-30(5,6)7/h9-17,23,25H,18-19H2,1-8H3,(H,31,35)(H,32,37). The lowest BCUT2D eigenvalue weighted by molar-refractivity contribution is -0.149. The van der Waals surface area contributed by atoms with Crippen LogP contribution in [0.15, 0.2) is 54.6 Å². The van der Waals surface area contributed by atoms with Crippen molar-refractivity contribution in [2.45, 2.75) is 78.1 Å². The fraction of sp³-hybridized carbons (Fsp3) is 0.467. The highest BCUT2D eigenvalue weighted by Crippen LogP contribution is 2.30. The van der Waals surface area contributed by atoms with Crippen molar-refractivity contribution < 1.29 is 28.7 Å². The van der Waals surface area contributed by atoms with Crippen LogP contribution >= 0.6 is 0 Å². The maximum absolute atomic E-state index is 14.4. The van der Waals surface area contributed by atoms with Crippen molar-refractivity contribution in [2.75, 3.05) is 13.7 Å². The fourth-order valence-corrected chi connectivity index (χ4v) is 4.01. The Bertz CT molecular complexity index is 1130. The van der Waals surface area contributed by atoms with Crippen LogP contribution < -0.4 is 10.6 Å². The summed E-state index contributed by atoms with van der Waals surface area (Å²) in [6.45, 7) is 12.2. The molecule has 9 nitrogen and oxygen atoms in total. The van der Waals surface area contributed by atoms with Crippen molar-refractivity contribution >= 4 is 23.9 Å². The zero-order valence-electron chi connectivity index (χ0n) is 24.2. The van der Waals surface area contributed by atoms with Crippen LogP contribution in [-0.2, 0) is 30.3 Å². The number of alkyl carbamates (subject to hydrolysis) is 1. The number of carbonyl (C=O) groups excluding carboxylic acids is 4. The van der Waals surface area contributed by atoms with Crippen LogP contribution in [0.1, 0.15) is 64.3 Å². The van der Waals surface area contributed by atoms with Gasteiger partial charge in [-0.05, 0) is 59.6 Å². The molecule has 2 unspecified atom stereocenters. The number of methoxy groups -OCH3 is 1. The quantitative estimate of drug-likeness (QED) is 0.464. The molecular weight excluding hydrogens is 498 g/mol. The Morgan fingerprint density at radius 3 is 2.00 bits per heavy atom. The molecule has 0 aliphatic carbocycles. The van der Waals surface area contributed by atoms with Crippen LogP contribution in [0, 0.1) is 6.92 Å². The molecule has 0 saturated heterocycles. The highest BCUT2D eigenvalue weighted by atomic mass is 16.6. The SMILES string of the molecule is COC(=O)CNC(=O)C(c1ccc(C)cc1)N(C(=O)C(Cc1ccccc1)NC(=O)OC(C)(C)C)C(C)(C)C. The molecule has 2 N–H and O–H groups in total. The number of carbonyl (C=O) groups is 4. The van der Waals surface area contributed by atoms with E-state index in [0.29, 0.717) is 5.56 Å². The van der Waals surface area contributed by atoms with Crippen LogP contribution in [0.5, 0.6) is 0 Å². The maximum atomic E-state index is 14.4. The molecule has 0 saturated carbocycles. The Kier molecular flexibility index (Phi) is 10.7. The molecule has 2 aromatic rings. The summed E-state index contributed by atoms with van der Waals surface area (Å²) in [6.07, 6.45) is -0.566. The number of aryl methyl sites for hydroxylation is 1. The normalized spacial score (nSPS) is 13.0. The summed E-state index contributed by atoms with van der Waals surface area (Å²) in [5.74, 6) is -1.65. The van der Waals surface area contributed by atoms with Gasteiger partial charge in [-0.1, -0.05) is 60.2 Å². The molecular formula is C30H41N3O6. The zero-order valence-corrected chi connectivity index (χ0v) is 24.2. The zero-order chi connectivity index (χ0) is 29.4.